The van der Waals surface area contributed by atoms with Crippen LogP contribution in [0, 0.1) is 5.92 Å². The van der Waals surface area contributed by atoms with Crippen LogP contribution in [-0.2, 0) is 4.79 Å². The van der Waals surface area contributed by atoms with Crippen molar-refractivity contribution in [2.45, 2.75) is 45.6 Å². The van der Waals surface area contributed by atoms with Gasteiger partial charge in [0.25, 0.3) is 0 Å². The van der Waals surface area contributed by atoms with Crippen LogP contribution in [0.15, 0.2) is 0 Å². The van der Waals surface area contributed by atoms with Crippen LogP contribution in [0.4, 0.5) is 4.79 Å². The number of urea groups is 1. The van der Waals surface area contributed by atoms with Crippen LogP contribution in [0.5, 0.6) is 0 Å². The van der Waals surface area contributed by atoms with E-state index in [1.807, 2.05) is 13.8 Å². The van der Waals surface area contributed by atoms with E-state index in [2.05, 4.69) is 15.5 Å². The van der Waals surface area contributed by atoms with E-state index in [9.17, 15) is 9.59 Å². The number of aliphatic carboxylic acids is 1. The molecule has 6 heteroatoms. The lowest BCUT2D eigenvalue weighted by atomic mass is 10.0. The van der Waals surface area contributed by atoms with Crippen molar-refractivity contribution >= 4 is 12.0 Å². The van der Waals surface area contributed by atoms with Gasteiger partial charge in [0.05, 0.1) is 0 Å². The number of hydrogen-bond donors (Lipinski definition) is 3. The third kappa shape index (κ3) is 6.75. The van der Waals surface area contributed by atoms with E-state index < -0.39 is 12.0 Å². The van der Waals surface area contributed by atoms with Gasteiger partial charge in [-0.2, -0.15) is 0 Å². The number of nitrogens with one attached hydrogen (secondary N) is 2. The van der Waals surface area contributed by atoms with Crippen molar-refractivity contribution < 1.29 is 14.7 Å². The fraction of sp³-hybridized carbons (Fsp3) is 0.857. The lowest BCUT2D eigenvalue weighted by Gasteiger charge is -2.18. The Morgan fingerprint density at radius 2 is 1.90 bits per heavy atom. The Morgan fingerprint density at radius 3 is 2.45 bits per heavy atom. The van der Waals surface area contributed by atoms with Crippen LogP contribution in [-0.4, -0.2) is 54.2 Å². The number of carboxylic acids is 1. The van der Waals surface area contributed by atoms with Gasteiger partial charge in [0, 0.05) is 6.54 Å². The second kappa shape index (κ2) is 8.79. The van der Waals surface area contributed by atoms with Crippen LogP contribution in [0.2, 0.25) is 0 Å². The summed E-state index contributed by atoms with van der Waals surface area (Å²) in [6.07, 6.45) is 3.87. The second-order valence-corrected chi connectivity index (χ2v) is 5.82. The van der Waals surface area contributed by atoms with Crippen molar-refractivity contribution in [1.29, 1.82) is 0 Å². The lowest BCUT2D eigenvalue weighted by molar-refractivity contribution is -0.139. The number of nitrogens with zero attached hydrogens (tertiary/aromatic N) is 1. The van der Waals surface area contributed by atoms with E-state index in [1.54, 1.807) is 0 Å². The van der Waals surface area contributed by atoms with E-state index in [0.29, 0.717) is 13.0 Å². The molecule has 0 aliphatic carbocycles. The number of likely N-dealkylation sites (tertiary alicyclic amines) is 1. The first-order valence-electron chi connectivity index (χ1n) is 7.48. The summed E-state index contributed by atoms with van der Waals surface area (Å²) in [5, 5.41) is 14.3. The molecule has 1 atom stereocenters. The average Bonchev–Trinajstić information content (AvgIpc) is 2.86. The first-order chi connectivity index (χ1) is 9.49. The molecule has 0 unspecified atom stereocenters. The van der Waals surface area contributed by atoms with Crippen molar-refractivity contribution in [3.8, 4) is 0 Å². The maximum absolute atomic E-state index is 11.6. The van der Waals surface area contributed by atoms with Gasteiger partial charge in [0.1, 0.15) is 6.04 Å². The quantitative estimate of drug-likeness (QED) is 0.587. The molecule has 1 aliphatic rings. The van der Waals surface area contributed by atoms with E-state index >= 15 is 0 Å². The molecule has 0 radical (unpaired) electrons. The zero-order valence-electron chi connectivity index (χ0n) is 12.5. The molecule has 3 N–H and O–H groups in total. The molecule has 1 saturated heterocycles. The highest BCUT2D eigenvalue weighted by Crippen LogP contribution is 2.07. The van der Waals surface area contributed by atoms with Gasteiger partial charge in [-0.3, -0.25) is 0 Å². The highest BCUT2D eigenvalue weighted by Gasteiger charge is 2.20. The first-order valence-corrected chi connectivity index (χ1v) is 7.48. The predicted octanol–water partition coefficient (Wildman–Crippen LogP) is 1.27. The van der Waals surface area contributed by atoms with Crippen LogP contribution in [0.1, 0.15) is 39.5 Å². The molecule has 116 valence electrons. The molecule has 0 aromatic heterocycles. The van der Waals surface area contributed by atoms with Crippen LogP contribution in [0.3, 0.4) is 0 Å². The Labute approximate surface area is 120 Å². The Balaban J connectivity index is 2.15. The van der Waals surface area contributed by atoms with Crippen LogP contribution < -0.4 is 10.6 Å². The maximum atomic E-state index is 11.6. The minimum Gasteiger partial charge on any atom is -0.480 e. The molecular formula is C14H27N3O3. The van der Waals surface area contributed by atoms with Gasteiger partial charge < -0.3 is 20.6 Å². The van der Waals surface area contributed by atoms with E-state index in [1.165, 1.54) is 12.8 Å². The summed E-state index contributed by atoms with van der Waals surface area (Å²) in [6.45, 7) is 7.76. The third-order valence-corrected chi connectivity index (χ3v) is 3.45. The number of rotatable bonds is 8. The van der Waals surface area contributed by atoms with Crippen molar-refractivity contribution in [3.63, 3.8) is 0 Å². The SMILES string of the molecule is CC(C)C[C@@H](NC(=O)NCCCN1CCCC1)C(=O)O. The lowest BCUT2D eigenvalue weighted by Crippen LogP contribution is -2.47. The number of amides is 2. The zero-order chi connectivity index (χ0) is 15.0. The molecule has 1 heterocycles. The predicted molar refractivity (Wildman–Crippen MR) is 77.7 cm³/mol. The number of carboxylic acid groups (broad SMARTS) is 1. The molecule has 2 amide bonds. The number of carbonyl (C=O) groups is 2. The molecule has 1 fully saturated rings. The monoisotopic (exact) mass is 285 g/mol. The summed E-state index contributed by atoms with van der Waals surface area (Å²) in [5.41, 5.74) is 0. The van der Waals surface area contributed by atoms with Gasteiger partial charge in [0.2, 0.25) is 0 Å². The van der Waals surface area contributed by atoms with Gasteiger partial charge in [0.15, 0.2) is 0 Å². The summed E-state index contributed by atoms with van der Waals surface area (Å²) in [4.78, 5) is 25.0. The minimum absolute atomic E-state index is 0.228. The van der Waals surface area contributed by atoms with Crippen molar-refractivity contribution in [2.75, 3.05) is 26.2 Å². The van der Waals surface area contributed by atoms with Crippen molar-refractivity contribution in [2.24, 2.45) is 5.92 Å². The molecule has 0 spiro atoms. The third-order valence-electron chi connectivity index (χ3n) is 3.45. The van der Waals surface area contributed by atoms with Gasteiger partial charge in [-0.1, -0.05) is 13.8 Å². The molecule has 0 aromatic rings. The molecule has 1 rings (SSSR count). The highest BCUT2D eigenvalue weighted by molar-refractivity contribution is 5.82. The molecule has 20 heavy (non-hydrogen) atoms. The Bertz CT molecular complexity index is 315. The van der Waals surface area contributed by atoms with Crippen LogP contribution in [0.25, 0.3) is 0 Å². The molecule has 6 nitrogen and oxygen atoms in total. The highest BCUT2D eigenvalue weighted by atomic mass is 16.4. The second-order valence-electron chi connectivity index (χ2n) is 5.82. The van der Waals surface area contributed by atoms with Gasteiger partial charge in [-0.25, -0.2) is 9.59 Å². The molecule has 0 saturated carbocycles. The Morgan fingerprint density at radius 1 is 1.25 bits per heavy atom. The summed E-state index contributed by atoms with van der Waals surface area (Å²) in [5.74, 6) is -0.752. The van der Waals surface area contributed by atoms with Crippen molar-refractivity contribution in [3.05, 3.63) is 0 Å². The molecule has 0 aromatic carbocycles. The molecular weight excluding hydrogens is 258 g/mol. The fourth-order valence-corrected chi connectivity index (χ4v) is 2.41. The topological polar surface area (TPSA) is 81.7 Å². The zero-order valence-corrected chi connectivity index (χ0v) is 12.5. The normalized spacial score (nSPS) is 17.1. The summed E-state index contributed by atoms with van der Waals surface area (Å²) < 4.78 is 0. The van der Waals surface area contributed by atoms with Gasteiger partial charge in [-0.15, -0.1) is 0 Å². The first kappa shape index (κ1) is 16.8. The Hall–Kier alpha value is -1.30. The summed E-state index contributed by atoms with van der Waals surface area (Å²) >= 11 is 0. The van der Waals surface area contributed by atoms with Gasteiger partial charge in [-0.05, 0) is 51.2 Å². The largest absolute Gasteiger partial charge is 0.480 e. The maximum Gasteiger partial charge on any atom is 0.326 e. The summed E-state index contributed by atoms with van der Waals surface area (Å²) in [6, 6.07) is -1.20. The number of carbonyl (C=O) groups excluding carboxylic acids is 1. The van der Waals surface area contributed by atoms with E-state index in [0.717, 1.165) is 26.1 Å². The van der Waals surface area contributed by atoms with E-state index in [4.69, 9.17) is 5.11 Å². The minimum atomic E-state index is -0.981. The summed E-state index contributed by atoms with van der Waals surface area (Å²) in [7, 11) is 0. The number of hydrogen-bond acceptors (Lipinski definition) is 3. The van der Waals surface area contributed by atoms with Crippen molar-refractivity contribution in [1.82, 2.24) is 15.5 Å². The Kier molecular flexibility index (Phi) is 7.36. The fourth-order valence-electron chi connectivity index (χ4n) is 2.41. The van der Waals surface area contributed by atoms with E-state index in [-0.39, 0.29) is 11.9 Å². The average molecular weight is 285 g/mol. The molecule has 0 bridgehead atoms. The smallest absolute Gasteiger partial charge is 0.326 e. The standard InChI is InChI=1S/C14H27N3O3/c1-11(2)10-12(13(18)19)16-14(20)15-6-5-9-17-7-3-4-8-17/h11-12H,3-10H2,1-2H3,(H,18,19)(H2,15,16,20)/t12-/m1/s1. The molecule has 1 aliphatic heterocycles. The van der Waals surface area contributed by atoms with Crippen LogP contribution >= 0.6 is 0 Å². The van der Waals surface area contributed by atoms with Gasteiger partial charge >= 0.3 is 12.0 Å².